The van der Waals surface area contributed by atoms with Crippen LogP contribution in [0.1, 0.15) is 30.0 Å². The number of anilines is 3. The number of hydrogen-bond acceptors (Lipinski definition) is 6. The Hall–Kier alpha value is -4.67. The molecule has 0 atom stereocenters. The van der Waals surface area contributed by atoms with Gasteiger partial charge in [0.15, 0.2) is 0 Å². The lowest BCUT2D eigenvalue weighted by molar-refractivity contribution is -0.116. The summed E-state index contributed by atoms with van der Waals surface area (Å²) < 4.78 is 18.7. The Morgan fingerprint density at radius 3 is 2.42 bits per heavy atom. The maximum Gasteiger partial charge on any atom is 0.337 e. The molecule has 1 aliphatic rings. The topological polar surface area (TPSA) is 133 Å². The van der Waals surface area contributed by atoms with Gasteiger partial charge in [0.25, 0.3) is 11.1 Å². The van der Waals surface area contributed by atoms with E-state index >= 15 is 4.39 Å². The molecule has 1 aliphatic carbocycles. The predicted octanol–water partition coefficient (Wildman–Crippen LogP) is 2.58. The van der Waals surface area contributed by atoms with E-state index in [9.17, 15) is 19.2 Å². The molecule has 0 radical (unpaired) electrons. The number of amides is 1. The van der Waals surface area contributed by atoms with Crippen molar-refractivity contribution >= 4 is 34.0 Å². The quantitative estimate of drug-likeness (QED) is 0.344. The van der Waals surface area contributed by atoms with Crippen molar-refractivity contribution in [1.82, 2.24) is 13.7 Å². The first-order chi connectivity index (χ1) is 18.1. The number of aryl methyl sites for hydroxylation is 2. The lowest BCUT2D eigenvalue weighted by atomic mass is 10.1. The number of rotatable bonds is 7. The highest BCUT2D eigenvalue weighted by Gasteiger charge is 2.32. The molecule has 11 heteroatoms. The molecule has 4 aromatic rings. The molecule has 10 nitrogen and oxygen atoms in total. The number of halogens is 1. The molecule has 4 N–H and O–H groups in total. The third kappa shape index (κ3) is 4.25. The van der Waals surface area contributed by atoms with Crippen molar-refractivity contribution < 1.29 is 9.18 Å². The number of pyridine rings is 1. The average Bonchev–Trinajstić information content (AvgIpc) is 3.70. The van der Waals surface area contributed by atoms with Gasteiger partial charge in [-0.3, -0.25) is 23.5 Å². The Morgan fingerprint density at radius 2 is 1.76 bits per heavy atom. The SMILES string of the molecule is Cc1ccc(-n2c(=O)n(C3CC3)c(=O)c3c(Nc4cccc(NCC(N)=O)c4)c(C)c(=O)n(C)c32)c(F)c1. The fraction of sp³-hybridized carbons (Fsp3) is 0.259. The van der Waals surface area contributed by atoms with Crippen molar-refractivity contribution in [2.45, 2.75) is 32.7 Å². The predicted molar refractivity (Wildman–Crippen MR) is 144 cm³/mol. The number of primary amides is 1. The first-order valence-corrected chi connectivity index (χ1v) is 12.1. The summed E-state index contributed by atoms with van der Waals surface area (Å²) in [6.45, 7) is 3.24. The van der Waals surface area contributed by atoms with Crippen LogP contribution in [-0.4, -0.2) is 26.2 Å². The number of nitrogens with zero attached hydrogens (tertiary/aromatic N) is 3. The summed E-state index contributed by atoms with van der Waals surface area (Å²) in [4.78, 5) is 52.1. The summed E-state index contributed by atoms with van der Waals surface area (Å²) in [5.74, 6) is -1.18. The van der Waals surface area contributed by atoms with Gasteiger partial charge in [-0.25, -0.2) is 13.8 Å². The van der Waals surface area contributed by atoms with Crippen LogP contribution in [0.15, 0.2) is 56.8 Å². The van der Waals surface area contributed by atoms with Crippen LogP contribution in [0.3, 0.4) is 0 Å². The van der Waals surface area contributed by atoms with E-state index in [0.717, 1.165) is 9.13 Å². The first kappa shape index (κ1) is 25.0. The van der Waals surface area contributed by atoms with E-state index < -0.39 is 28.5 Å². The minimum absolute atomic E-state index is 0.0132. The molecule has 0 spiro atoms. The van der Waals surface area contributed by atoms with Crippen molar-refractivity contribution in [3.8, 4) is 5.69 Å². The van der Waals surface area contributed by atoms with Crippen LogP contribution < -0.4 is 33.2 Å². The van der Waals surface area contributed by atoms with Crippen molar-refractivity contribution in [2.24, 2.45) is 12.8 Å². The molecule has 2 aromatic heterocycles. The van der Waals surface area contributed by atoms with Crippen molar-refractivity contribution in [3.05, 3.63) is 90.6 Å². The van der Waals surface area contributed by atoms with Crippen LogP contribution in [0.4, 0.5) is 21.5 Å². The van der Waals surface area contributed by atoms with Crippen molar-refractivity contribution in [1.29, 1.82) is 0 Å². The van der Waals surface area contributed by atoms with E-state index in [4.69, 9.17) is 5.73 Å². The van der Waals surface area contributed by atoms with E-state index in [1.807, 2.05) is 0 Å². The van der Waals surface area contributed by atoms with Crippen LogP contribution >= 0.6 is 0 Å². The molecule has 196 valence electrons. The molecule has 1 fully saturated rings. The molecule has 0 aliphatic heterocycles. The highest BCUT2D eigenvalue weighted by atomic mass is 19.1. The lowest BCUT2D eigenvalue weighted by Crippen LogP contribution is -2.42. The van der Waals surface area contributed by atoms with Crippen molar-refractivity contribution in [2.75, 3.05) is 17.2 Å². The number of carbonyl (C=O) groups is 1. The largest absolute Gasteiger partial charge is 0.376 e. The van der Waals surface area contributed by atoms with Crippen molar-refractivity contribution in [3.63, 3.8) is 0 Å². The zero-order chi connectivity index (χ0) is 27.3. The molecule has 0 saturated heterocycles. The summed E-state index contributed by atoms with van der Waals surface area (Å²) in [5.41, 5.74) is 5.70. The Labute approximate surface area is 216 Å². The van der Waals surface area contributed by atoms with Gasteiger partial charge in [0.1, 0.15) is 16.9 Å². The highest BCUT2D eigenvalue weighted by Crippen LogP contribution is 2.34. The Kier molecular flexibility index (Phi) is 6.14. The fourth-order valence-corrected chi connectivity index (χ4v) is 4.65. The second kappa shape index (κ2) is 9.33. The van der Waals surface area contributed by atoms with E-state index in [2.05, 4.69) is 10.6 Å². The maximum atomic E-state index is 15.2. The van der Waals surface area contributed by atoms with E-state index in [1.54, 1.807) is 44.2 Å². The standard InChI is InChI=1S/C27H27FN6O4/c1-14-7-10-20(19(28)11-14)34-24-22(26(37)33(27(34)38)18-8-9-18)23(15(2)25(36)32(24)3)31-17-6-4-5-16(12-17)30-13-21(29)35/h4-7,10-12,18,30-31H,8-9,13H2,1-3H3,(H2,29,35). The van der Waals surface area contributed by atoms with Gasteiger partial charge in [0.05, 0.1) is 17.9 Å². The minimum Gasteiger partial charge on any atom is -0.376 e. The molecule has 1 amide bonds. The normalized spacial score (nSPS) is 13.1. The smallest absolute Gasteiger partial charge is 0.337 e. The summed E-state index contributed by atoms with van der Waals surface area (Å²) in [7, 11) is 1.46. The molecule has 1 saturated carbocycles. The second-order valence-electron chi connectivity index (χ2n) is 9.57. The Balaban J connectivity index is 1.83. The third-order valence-corrected chi connectivity index (χ3v) is 6.69. The van der Waals surface area contributed by atoms with Gasteiger partial charge in [-0.1, -0.05) is 12.1 Å². The van der Waals surface area contributed by atoms with Gasteiger partial charge in [-0.15, -0.1) is 0 Å². The van der Waals surface area contributed by atoms with E-state index in [0.29, 0.717) is 29.8 Å². The highest BCUT2D eigenvalue weighted by molar-refractivity contribution is 5.93. The third-order valence-electron chi connectivity index (χ3n) is 6.69. The molecule has 0 bridgehead atoms. The van der Waals surface area contributed by atoms with Crippen LogP contribution in [0, 0.1) is 19.7 Å². The zero-order valence-electron chi connectivity index (χ0n) is 21.2. The molecule has 0 unspecified atom stereocenters. The number of benzene rings is 2. The Morgan fingerprint density at radius 1 is 1.05 bits per heavy atom. The number of aromatic nitrogens is 3. The number of carbonyl (C=O) groups excluding carboxylic acids is 1. The van der Waals surface area contributed by atoms with Gasteiger partial charge in [0, 0.05) is 30.0 Å². The number of nitrogens with one attached hydrogen (secondary N) is 2. The van der Waals surface area contributed by atoms with Crippen LogP contribution in [0.2, 0.25) is 0 Å². The van der Waals surface area contributed by atoms with E-state index in [-0.39, 0.29) is 40.6 Å². The Bertz CT molecular complexity index is 1800. The number of nitrogens with two attached hydrogens (primary N) is 1. The average molecular weight is 519 g/mol. The van der Waals surface area contributed by atoms with Crippen LogP contribution in [-0.2, 0) is 11.8 Å². The molecule has 2 aromatic carbocycles. The minimum atomic E-state index is -0.699. The lowest BCUT2D eigenvalue weighted by Gasteiger charge is -2.21. The van der Waals surface area contributed by atoms with Gasteiger partial charge >= 0.3 is 5.69 Å². The summed E-state index contributed by atoms with van der Waals surface area (Å²) in [5, 5.41) is 6.16. The maximum absolute atomic E-state index is 15.2. The summed E-state index contributed by atoms with van der Waals surface area (Å²) in [6, 6.07) is 11.0. The molecular formula is C27H27FN6O4. The molecule has 2 heterocycles. The van der Waals surface area contributed by atoms with Gasteiger partial charge in [-0.05, 0) is 62.6 Å². The molecular weight excluding hydrogens is 491 g/mol. The number of fused-ring (bicyclic) bond motifs is 1. The summed E-state index contributed by atoms with van der Waals surface area (Å²) in [6.07, 6.45) is 1.30. The van der Waals surface area contributed by atoms with Crippen LogP contribution in [0.5, 0.6) is 0 Å². The summed E-state index contributed by atoms with van der Waals surface area (Å²) >= 11 is 0. The fourth-order valence-electron chi connectivity index (χ4n) is 4.65. The van der Waals surface area contributed by atoms with E-state index in [1.165, 1.54) is 23.7 Å². The molecule has 38 heavy (non-hydrogen) atoms. The monoisotopic (exact) mass is 518 g/mol. The first-order valence-electron chi connectivity index (χ1n) is 12.1. The van der Waals surface area contributed by atoms with Gasteiger partial charge in [-0.2, -0.15) is 0 Å². The van der Waals surface area contributed by atoms with Gasteiger partial charge < -0.3 is 16.4 Å². The van der Waals surface area contributed by atoms with Crippen LogP contribution in [0.25, 0.3) is 16.7 Å². The van der Waals surface area contributed by atoms with Gasteiger partial charge in [0.2, 0.25) is 5.91 Å². The number of hydrogen-bond donors (Lipinski definition) is 3. The zero-order valence-corrected chi connectivity index (χ0v) is 21.2. The molecule has 5 rings (SSSR count). The second-order valence-corrected chi connectivity index (χ2v) is 9.57.